The Hall–Kier alpha value is -2.05. The molecule has 2 heterocycles. The molecule has 2 aromatic carbocycles. The van der Waals surface area contributed by atoms with E-state index in [2.05, 4.69) is 44.9 Å². The minimum atomic E-state index is -2.03. The van der Waals surface area contributed by atoms with Crippen LogP contribution in [-0.2, 0) is 28.3 Å². The van der Waals surface area contributed by atoms with E-state index in [-0.39, 0.29) is 0 Å². The van der Waals surface area contributed by atoms with Gasteiger partial charge in [0.1, 0.15) is 0 Å². The zero-order valence-electron chi connectivity index (χ0n) is 17.2. The van der Waals surface area contributed by atoms with Gasteiger partial charge in [0, 0.05) is 0 Å². The molecule has 0 aliphatic heterocycles. The van der Waals surface area contributed by atoms with Gasteiger partial charge < -0.3 is 20.6 Å². The van der Waals surface area contributed by atoms with Crippen LogP contribution in [0, 0.1) is 0 Å². The molecule has 2 aromatic heterocycles. The zero-order chi connectivity index (χ0) is 22.9. The quantitative estimate of drug-likeness (QED) is 0.220. The van der Waals surface area contributed by atoms with E-state index in [1.807, 2.05) is 72.8 Å². The second-order valence-corrected chi connectivity index (χ2v) is 16.2. The molecule has 166 valence electrons. The predicted octanol–water partition coefficient (Wildman–Crippen LogP) is 8.64. The first-order valence-corrected chi connectivity index (χ1v) is 18.1. The molecule has 0 unspecified atom stereocenters. The molecule has 0 saturated carbocycles. The van der Waals surface area contributed by atoms with Gasteiger partial charge in [0.05, 0.1) is 0 Å². The summed E-state index contributed by atoms with van der Waals surface area (Å²) in [6.45, 7) is 1.38. The van der Waals surface area contributed by atoms with Crippen molar-refractivity contribution >= 4 is 39.2 Å². The number of benzene rings is 2. The van der Waals surface area contributed by atoms with Crippen LogP contribution >= 0.6 is 27.6 Å². The Morgan fingerprint density at radius 2 is 0.875 bits per heavy atom. The molecule has 8 heteroatoms. The first kappa shape index (κ1) is 26.2. The van der Waals surface area contributed by atoms with Crippen molar-refractivity contribution < 1.29 is 15.2 Å². The average molecular weight is 566 g/mol. The van der Waals surface area contributed by atoms with Crippen molar-refractivity contribution in [2.24, 2.45) is 0 Å². The second-order valence-electron chi connectivity index (χ2n) is 6.17. The van der Waals surface area contributed by atoms with Crippen molar-refractivity contribution in [2.45, 2.75) is 13.1 Å². The summed E-state index contributed by atoms with van der Waals surface area (Å²) < 4.78 is 0. The van der Waals surface area contributed by atoms with Crippen molar-refractivity contribution in [1.29, 1.82) is 0 Å². The molecule has 0 amide bonds. The van der Waals surface area contributed by atoms with Crippen molar-refractivity contribution in [3.05, 3.63) is 131 Å². The third kappa shape index (κ3) is 12.7. The summed E-state index contributed by atoms with van der Waals surface area (Å²) in [5.41, 5.74) is 2.41. The van der Waals surface area contributed by atoms with Gasteiger partial charge in [0.2, 0.25) is 0 Å². The molecular formula is C24H22Cl3N4Nb-2. The van der Waals surface area contributed by atoms with Gasteiger partial charge in [0.25, 0.3) is 0 Å². The second kappa shape index (κ2) is 16.6. The summed E-state index contributed by atoms with van der Waals surface area (Å²) in [4.78, 5) is 8.25. The Morgan fingerprint density at radius 3 is 1.19 bits per heavy atom. The molecule has 0 saturated heterocycles. The van der Waals surface area contributed by atoms with Gasteiger partial charge >= 0.3 is 42.8 Å². The minimum Gasteiger partial charge on any atom is -0.461 e. The third-order valence-electron chi connectivity index (χ3n) is 3.83. The van der Waals surface area contributed by atoms with Crippen LogP contribution in [-0.4, -0.2) is 9.97 Å². The molecule has 0 bridgehead atoms. The van der Waals surface area contributed by atoms with E-state index < -0.39 is 15.2 Å². The zero-order valence-corrected chi connectivity index (χ0v) is 21.6. The van der Waals surface area contributed by atoms with Crippen LogP contribution in [0.2, 0.25) is 0 Å². The van der Waals surface area contributed by atoms with Gasteiger partial charge in [-0.3, -0.25) is 0 Å². The summed E-state index contributed by atoms with van der Waals surface area (Å²) >= 11 is -2.03. The van der Waals surface area contributed by atoms with Crippen LogP contribution in [0.5, 0.6) is 0 Å². The fourth-order valence-corrected chi connectivity index (χ4v) is 2.41. The number of hydrogen-bond acceptors (Lipinski definition) is 2. The fraction of sp³-hybridized carbons (Fsp3) is 0.0833. The van der Waals surface area contributed by atoms with Gasteiger partial charge in [-0.1, -0.05) is 121 Å². The van der Waals surface area contributed by atoms with E-state index in [4.69, 9.17) is 27.6 Å². The Bertz CT molecular complexity index is 803. The van der Waals surface area contributed by atoms with Gasteiger partial charge in [-0.2, -0.15) is 0 Å². The topological polar surface area (TPSA) is 54.0 Å². The summed E-state index contributed by atoms with van der Waals surface area (Å²) in [5.74, 6) is 1.58. The van der Waals surface area contributed by atoms with Gasteiger partial charge in [-0.15, -0.1) is 0 Å². The van der Waals surface area contributed by atoms with E-state index in [0.717, 1.165) is 11.6 Å². The summed E-state index contributed by atoms with van der Waals surface area (Å²) in [6.07, 6.45) is 3.51. The molecule has 0 fully saturated rings. The molecule has 4 nitrogen and oxygen atoms in total. The first-order valence-electron chi connectivity index (χ1n) is 9.66. The minimum absolute atomic E-state index is 0.692. The van der Waals surface area contributed by atoms with Crippen LogP contribution in [0.3, 0.4) is 0 Å². The molecule has 0 N–H and O–H groups in total. The van der Waals surface area contributed by atoms with Gasteiger partial charge in [0.15, 0.2) is 0 Å². The van der Waals surface area contributed by atoms with Crippen molar-refractivity contribution in [3.8, 4) is 0 Å². The molecule has 4 aromatic rings. The number of halogens is 3. The molecule has 0 radical (unpaired) electrons. The van der Waals surface area contributed by atoms with Crippen LogP contribution < -0.4 is 0 Å². The van der Waals surface area contributed by atoms with Crippen LogP contribution in [0.1, 0.15) is 11.1 Å². The Kier molecular flexibility index (Phi) is 13.6. The normalized spacial score (nSPS) is 9.62. The Morgan fingerprint density at radius 1 is 0.531 bits per heavy atom. The maximum Gasteiger partial charge on any atom is -0.0252 e. The molecule has 4 rings (SSSR count). The smallest absolute Gasteiger partial charge is 0.0252 e. The van der Waals surface area contributed by atoms with Crippen molar-refractivity contribution in [3.63, 3.8) is 0 Å². The summed E-state index contributed by atoms with van der Waals surface area (Å²) in [6, 6.07) is 31.8. The van der Waals surface area contributed by atoms with Gasteiger partial charge in [-0.25, -0.2) is 0 Å². The van der Waals surface area contributed by atoms with E-state index in [1.165, 1.54) is 11.1 Å². The average Bonchev–Trinajstić information content (AvgIpc) is 2.84. The van der Waals surface area contributed by atoms with E-state index in [1.54, 1.807) is 12.4 Å². The van der Waals surface area contributed by atoms with E-state index in [9.17, 15) is 0 Å². The standard InChI is InChI=1S/2C12H11N2.3ClH.Nb/c2*1-2-6-11(7-3-1)10-14-12-8-4-5-9-13-12;;;;/h2*1-9H,10H2;3*1H;/q2*-1;;;;+3/p-3. The summed E-state index contributed by atoms with van der Waals surface area (Å²) in [5, 5.41) is 8.73. The maximum atomic E-state index is 4.99. The largest absolute Gasteiger partial charge is 0.461 e. The number of pyridine rings is 2. The summed E-state index contributed by atoms with van der Waals surface area (Å²) in [7, 11) is 15.0. The van der Waals surface area contributed by atoms with Crippen LogP contribution in [0.25, 0.3) is 10.6 Å². The van der Waals surface area contributed by atoms with Gasteiger partial charge in [-0.05, 0) is 24.2 Å². The first-order chi connectivity index (χ1) is 15.6. The Labute approximate surface area is 207 Å². The molecule has 0 atom stereocenters. The number of aromatic nitrogens is 2. The number of hydrogen-bond donors (Lipinski definition) is 0. The van der Waals surface area contributed by atoms with Crippen LogP contribution in [0.15, 0.2) is 109 Å². The molecule has 0 spiro atoms. The molecule has 0 aliphatic rings. The number of rotatable bonds is 6. The number of nitrogens with zero attached hydrogens (tertiary/aromatic N) is 4. The van der Waals surface area contributed by atoms with E-state index in [0.29, 0.717) is 13.1 Å². The molecular weight excluding hydrogens is 544 g/mol. The van der Waals surface area contributed by atoms with Crippen LogP contribution in [0.4, 0.5) is 11.6 Å². The van der Waals surface area contributed by atoms with Crippen molar-refractivity contribution in [1.82, 2.24) is 9.97 Å². The Balaban J connectivity index is 0.000000195. The third-order valence-corrected chi connectivity index (χ3v) is 3.83. The maximum absolute atomic E-state index is 4.99. The SMILES string of the molecule is [Cl][Nb]([Cl])[Cl].c1ccc(C[N-]c2ccccn2)cc1.c1ccc(C[N-]c2ccccn2)cc1. The monoisotopic (exact) mass is 564 g/mol. The van der Waals surface area contributed by atoms with Crippen molar-refractivity contribution in [2.75, 3.05) is 0 Å². The molecule has 32 heavy (non-hydrogen) atoms. The fourth-order valence-electron chi connectivity index (χ4n) is 2.41. The van der Waals surface area contributed by atoms with E-state index >= 15 is 0 Å². The predicted molar refractivity (Wildman–Crippen MR) is 132 cm³/mol. The molecule has 0 aliphatic carbocycles.